The Hall–Kier alpha value is -0.220. The molecule has 0 aromatic carbocycles. The van der Waals surface area contributed by atoms with E-state index in [2.05, 4.69) is 12.2 Å². The van der Waals surface area contributed by atoms with Crippen molar-refractivity contribution in [3.05, 3.63) is 0 Å². The van der Waals surface area contributed by atoms with Gasteiger partial charge in [0.15, 0.2) is 0 Å². The van der Waals surface area contributed by atoms with Crippen LogP contribution in [-0.2, 0) is 4.79 Å². The van der Waals surface area contributed by atoms with Gasteiger partial charge in [0.2, 0.25) is 5.91 Å². The molecule has 3 nitrogen and oxygen atoms in total. The Kier molecular flexibility index (Phi) is 7.75. The van der Waals surface area contributed by atoms with Crippen LogP contribution < -0.4 is 5.32 Å². The van der Waals surface area contributed by atoms with Gasteiger partial charge in [-0.3, -0.25) is 4.79 Å². The van der Waals surface area contributed by atoms with E-state index in [9.17, 15) is 4.79 Å². The maximum Gasteiger partial charge on any atom is 0.232 e. The predicted octanol–water partition coefficient (Wildman–Crippen LogP) is 2.51. The van der Waals surface area contributed by atoms with Gasteiger partial charge in [-0.1, -0.05) is 26.2 Å². The first-order chi connectivity index (χ1) is 8.65. The van der Waals surface area contributed by atoms with Crippen LogP contribution in [0, 0.1) is 0 Å². The van der Waals surface area contributed by atoms with Crippen LogP contribution in [0.1, 0.15) is 45.4 Å². The van der Waals surface area contributed by atoms with Gasteiger partial charge in [-0.2, -0.15) is 0 Å². The van der Waals surface area contributed by atoms with Crippen molar-refractivity contribution in [3.63, 3.8) is 0 Å². The highest BCUT2D eigenvalue weighted by Gasteiger charge is 2.24. The Morgan fingerprint density at radius 1 is 1.28 bits per heavy atom. The smallest absolute Gasteiger partial charge is 0.232 e. The fraction of sp³-hybridized carbons (Fsp3) is 0.929. The minimum absolute atomic E-state index is 0.235. The van der Waals surface area contributed by atoms with Crippen LogP contribution in [0.25, 0.3) is 0 Å². The molecular formula is C14H28N2OS. The summed E-state index contributed by atoms with van der Waals surface area (Å²) in [5.41, 5.74) is 0. The van der Waals surface area contributed by atoms with Crippen molar-refractivity contribution in [2.75, 3.05) is 26.4 Å². The summed E-state index contributed by atoms with van der Waals surface area (Å²) in [4.78, 5) is 13.4. The predicted molar refractivity (Wildman–Crippen MR) is 80.1 cm³/mol. The van der Waals surface area contributed by atoms with E-state index in [4.69, 9.17) is 0 Å². The summed E-state index contributed by atoms with van der Waals surface area (Å²) in [6.45, 7) is 3.31. The third-order valence-corrected chi connectivity index (χ3v) is 4.93. The van der Waals surface area contributed by atoms with Crippen LogP contribution in [0.15, 0.2) is 0 Å². The van der Waals surface area contributed by atoms with Crippen molar-refractivity contribution in [1.29, 1.82) is 0 Å². The summed E-state index contributed by atoms with van der Waals surface area (Å²) in [5, 5.41) is 4.28. The zero-order chi connectivity index (χ0) is 13.4. The molecule has 106 valence electrons. The lowest BCUT2D eigenvalue weighted by molar-refractivity contribution is -0.125. The van der Waals surface area contributed by atoms with Crippen LogP contribution in [-0.4, -0.2) is 48.5 Å². The van der Waals surface area contributed by atoms with Gasteiger partial charge in [0, 0.05) is 25.4 Å². The minimum atomic E-state index is 0.235. The van der Waals surface area contributed by atoms with Gasteiger partial charge in [-0.25, -0.2) is 0 Å². The van der Waals surface area contributed by atoms with Crippen molar-refractivity contribution in [2.45, 2.75) is 56.7 Å². The van der Waals surface area contributed by atoms with Crippen molar-refractivity contribution in [3.8, 4) is 0 Å². The SMILES string of the molecule is CCCNC1CCCCCC1SCC(=O)N(C)C. The van der Waals surface area contributed by atoms with E-state index in [1.165, 1.54) is 38.5 Å². The number of amides is 1. The maximum atomic E-state index is 11.7. The Bertz CT molecular complexity index is 246. The molecule has 2 atom stereocenters. The molecule has 1 aliphatic carbocycles. The molecule has 0 aromatic heterocycles. The van der Waals surface area contributed by atoms with Crippen LogP contribution in [0.2, 0.25) is 0 Å². The second-order valence-electron chi connectivity index (χ2n) is 5.34. The molecule has 4 heteroatoms. The van der Waals surface area contributed by atoms with E-state index in [0.29, 0.717) is 17.0 Å². The lowest BCUT2D eigenvalue weighted by Crippen LogP contribution is -2.38. The highest BCUT2D eigenvalue weighted by atomic mass is 32.2. The van der Waals surface area contributed by atoms with Gasteiger partial charge >= 0.3 is 0 Å². The van der Waals surface area contributed by atoms with E-state index in [0.717, 1.165) is 6.54 Å². The Balaban J connectivity index is 2.43. The van der Waals surface area contributed by atoms with Crippen LogP contribution >= 0.6 is 11.8 Å². The van der Waals surface area contributed by atoms with E-state index in [1.54, 1.807) is 4.90 Å². The molecule has 18 heavy (non-hydrogen) atoms. The highest BCUT2D eigenvalue weighted by Crippen LogP contribution is 2.28. The average Bonchev–Trinajstić information content (AvgIpc) is 2.58. The average molecular weight is 272 g/mol. The van der Waals surface area contributed by atoms with Gasteiger partial charge in [0.05, 0.1) is 5.75 Å². The summed E-state index contributed by atoms with van der Waals surface area (Å²) in [6, 6.07) is 0.604. The molecular weight excluding hydrogens is 244 g/mol. The first-order valence-electron chi connectivity index (χ1n) is 7.20. The highest BCUT2D eigenvalue weighted by molar-refractivity contribution is 8.00. The molecule has 1 amide bonds. The summed E-state index contributed by atoms with van der Waals surface area (Å²) >= 11 is 1.85. The third-order valence-electron chi connectivity index (χ3n) is 3.53. The van der Waals surface area contributed by atoms with Crippen molar-refractivity contribution >= 4 is 17.7 Å². The maximum absolute atomic E-state index is 11.7. The van der Waals surface area contributed by atoms with Gasteiger partial charge in [-0.05, 0) is 25.8 Å². The van der Waals surface area contributed by atoms with E-state index >= 15 is 0 Å². The van der Waals surface area contributed by atoms with E-state index < -0.39 is 0 Å². The topological polar surface area (TPSA) is 32.3 Å². The molecule has 0 heterocycles. The summed E-state index contributed by atoms with van der Waals surface area (Å²) in [6.07, 6.45) is 7.71. The summed E-state index contributed by atoms with van der Waals surface area (Å²) in [7, 11) is 3.67. The second kappa shape index (κ2) is 8.81. The lowest BCUT2D eigenvalue weighted by atomic mass is 10.1. The monoisotopic (exact) mass is 272 g/mol. The second-order valence-corrected chi connectivity index (χ2v) is 6.56. The van der Waals surface area contributed by atoms with E-state index in [-0.39, 0.29) is 5.91 Å². The fourth-order valence-corrected chi connectivity index (χ4v) is 3.76. The Morgan fingerprint density at radius 2 is 2.00 bits per heavy atom. The standard InChI is InChI=1S/C14H28N2OS/c1-4-10-15-12-8-6-5-7-9-13(12)18-11-14(17)16(2)3/h12-13,15H,4-11H2,1-3H3. The Morgan fingerprint density at radius 3 is 2.67 bits per heavy atom. The van der Waals surface area contributed by atoms with Crippen LogP contribution in [0.4, 0.5) is 0 Å². The van der Waals surface area contributed by atoms with Crippen molar-refractivity contribution in [1.82, 2.24) is 10.2 Å². The first-order valence-corrected chi connectivity index (χ1v) is 8.25. The van der Waals surface area contributed by atoms with Gasteiger partial charge in [0.25, 0.3) is 0 Å². The number of thioether (sulfide) groups is 1. The molecule has 0 aromatic rings. The molecule has 0 aliphatic heterocycles. The largest absolute Gasteiger partial charge is 0.348 e. The molecule has 1 aliphatic rings. The minimum Gasteiger partial charge on any atom is -0.348 e. The molecule has 1 rings (SSSR count). The fourth-order valence-electron chi connectivity index (χ4n) is 2.34. The van der Waals surface area contributed by atoms with Crippen LogP contribution in [0.5, 0.6) is 0 Å². The molecule has 0 radical (unpaired) electrons. The molecule has 0 bridgehead atoms. The zero-order valence-corrected chi connectivity index (χ0v) is 12.9. The number of carbonyl (C=O) groups is 1. The van der Waals surface area contributed by atoms with E-state index in [1.807, 2.05) is 25.9 Å². The number of hydrogen-bond acceptors (Lipinski definition) is 3. The lowest BCUT2D eigenvalue weighted by Gasteiger charge is -2.26. The van der Waals surface area contributed by atoms with Crippen molar-refractivity contribution < 1.29 is 4.79 Å². The third kappa shape index (κ3) is 5.61. The number of carbonyl (C=O) groups excluding carboxylic acids is 1. The van der Waals surface area contributed by atoms with Gasteiger partial charge in [0.1, 0.15) is 0 Å². The summed E-state index contributed by atoms with van der Waals surface area (Å²) < 4.78 is 0. The molecule has 1 fully saturated rings. The Labute approximate surface area is 116 Å². The number of hydrogen-bond donors (Lipinski definition) is 1. The molecule has 2 unspecified atom stereocenters. The number of rotatable bonds is 6. The van der Waals surface area contributed by atoms with Gasteiger partial charge in [-0.15, -0.1) is 11.8 Å². The zero-order valence-electron chi connectivity index (χ0n) is 12.1. The normalized spacial score (nSPS) is 24.6. The number of nitrogens with one attached hydrogen (secondary N) is 1. The quantitative estimate of drug-likeness (QED) is 0.754. The molecule has 0 saturated heterocycles. The molecule has 0 spiro atoms. The summed E-state index contributed by atoms with van der Waals surface area (Å²) in [5.74, 6) is 0.862. The van der Waals surface area contributed by atoms with Gasteiger partial charge < -0.3 is 10.2 Å². The first kappa shape index (κ1) is 15.8. The van der Waals surface area contributed by atoms with Crippen LogP contribution in [0.3, 0.4) is 0 Å². The molecule has 1 N–H and O–H groups in total. The number of nitrogens with zero attached hydrogens (tertiary/aromatic N) is 1. The molecule has 1 saturated carbocycles. The van der Waals surface area contributed by atoms with Crippen molar-refractivity contribution in [2.24, 2.45) is 0 Å².